The van der Waals surface area contributed by atoms with Gasteiger partial charge in [0.25, 0.3) is 0 Å². The third-order valence-corrected chi connectivity index (χ3v) is 3.61. The van der Waals surface area contributed by atoms with Crippen LogP contribution in [0.25, 0.3) is 0 Å². The van der Waals surface area contributed by atoms with Gasteiger partial charge in [0, 0.05) is 18.8 Å². The summed E-state index contributed by atoms with van der Waals surface area (Å²) in [6, 6.07) is 0. The molecule has 0 N–H and O–H groups in total. The van der Waals surface area contributed by atoms with Gasteiger partial charge in [0.2, 0.25) is 0 Å². The quantitative estimate of drug-likeness (QED) is 0.509. The van der Waals surface area contributed by atoms with Gasteiger partial charge in [0.1, 0.15) is 5.78 Å². The molecule has 3 atom stereocenters. The molecule has 0 aromatic rings. The van der Waals surface area contributed by atoms with Gasteiger partial charge in [-0.05, 0) is 31.6 Å². The van der Waals surface area contributed by atoms with E-state index in [0.29, 0.717) is 24.0 Å². The molecular weight excluding hydrogens is 184 g/mol. The first-order valence-corrected chi connectivity index (χ1v) is 5.67. The van der Waals surface area contributed by atoms with Gasteiger partial charge in [0.05, 0.1) is 0 Å². The summed E-state index contributed by atoms with van der Waals surface area (Å²) >= 11 is 0. The minimum absolute atomic E-state index is 0.189. The molecular formula is C14H20O. The molecule has 1 rings (SSSR count). The average Bonchev–Trinajstić information content (AvgIpc) is 2.19. The predicted octanol–water partition coefficient (Wildman–Crippen LogP) is 3.21. The molecule has 1 aliphatic rings. The van der Waals surface area contributed by atoms with E-state index in [1.54, 1.807) is 0 Å². The molecule has 0 aromatic carbocycles. The van der Waals surface area contributed by atoms with Gasteiger partial charge in [-0.15, -0.1) is 12.3 Å². The van der Waals surface area contributed by atoms with Gasteiger partial charge in [0.15, 0.2) is 0 Å². The second-order valence-electron chi connectivity index (χ2n) is 4.74. The minimum atomic E-state index is 0.189. The Bertz CT molecular complexity index is 295. The fourth-order valence-electron chi connectivity index (χ4n) is 2.36. The van der Waals surface area contributed by atoms with E-state index < -0.39 is 0 Å². The highest BCUT2D eigenvalue weighted by molar-refractivity contribution is 5.82. The lowest BCUT2D eigenvalue weighted by Gasteiger charge is -2.33. The second-order valence-corrected chi connectivity index (χ2v) is 4.74. The lowest BCUT2D eigenvalue weighted by Crippen LogP contribution is -2.31. The highest BCUT2D eigenvalue weighted by Crippen LogP contribution is 2.36. The molecule has 1 unspecified atom stereocenters. The molecule has 0 saturated heterocycles. The second kappa shape index (κ2) is 5.16. The highest BCUT2D eigenvalue weighted by atomic mass is 16.1. The summed E-state index contributed by atoms with van der Waals surface area (Å²) in [7, 11) is 0. The summed E-state index contributed by atoms with van der Waals surface area (Å²) in [5.74, 6) is 4.08. The summed E-state index contributed by atoms with van der Waals surface area (Å²) < 4.78 is 0. The molecule has 82 valence electrons. The van der Waals surface area contributed by atoms with Crippen molar-refractivity contribution in [2.24, 2.45) is 17.8 Å². The van der Waals surface area contributed by atoms with E-state index in [-0.39, 0.29) is 5.92 Å². The van der Waals surface area contributed by atoms with Crippen LogP contribution in [-0.4, -0.2) is 5.78 Å². The van der Waals surface area contributed by atoms with Gasteiger partial charge in [-0.25, -0.2) is 0 Å². The topological polar surface area (TPSA) is 17.1 Å². The number of hydrogen-bond acceptors (Lipinski definition) is 1. The molecule has 0 amide bonds. The number of carbonyl (C=O) groups excluding carboxylic acids is 1. The Morgan fingerprint density at radius 3 is 2.87 bits per heavy atom. The van der Waals surface area contributed by atoms with Gasteiger partial charge in [-0.1, -0.05) is 19.1 Å². The molecule has 1 nitrogen and oxygen atoms in total. The van der Waals surface area contributed by atoms with Crippen molar-refractivity contribution in [2.45, 2.75) is 39.5 Å². The lowest BCUT2D eigenvalue weighted by atomic mass is 9.70. The molecule has 1 fully saturated rings. The smallest absolute Gasteiger partial charge is 0.136 e. The number of hydrogen-bond donors (Lipinski definition) is 0. The minimum Gasteiger partial charge on any atom is -0.299 e. The SMILES string of the molecule is C#CCC[C@@H]1C[C@@H](C(=C)C)CC(=O)C1C. The third kappa shape index (κ3) is 2.96. The summed E-state index contributed by atoms with van der Waals surface area (Å²) in [6.45, 7) is 8.02. The van der Waals surface area contributed by atoms with E-state index in [4.69, 9.17) is 6.42 Å². The molecule has 0 spiro atoms. The molecule has 0 aliphatic heterocycles. The average molecular weight is 204 g/mol. The summed E-state index contributed by atoms with van der Waals surface area (Å²) in [6.07, 6.45) is 8.80. The van der Waals surface area contributed by atoms with E-state index in [2.05, 4.69) is 12.5 Å². The molecule has 0 aromatic heterocycles. The van der Waals surface area contributed by atoms with E-state index in [0.717, 1.165) is 24.8 Å². The van der Waals surface area contributed by atoms with Crippen LogP contribution in [0.15, 0.2) is 12.2 Å². The van der Waals surface area contributed by atoms with Crippen LogP contribution in [0.2, 0.25) is 0 Å². The van der Waals surface area contributed by atoms with Gasteiger partial charge in [-0.2, -0.15) is 0 Å². The van der Waals surface area contributed by atoms with Crippen LogP contribution in [0.1, 0.15) is 39.5 Å². The third-order valence-electron chi connectivity index (χ3n) is 3.61. The van der Waals surface area contributed by atoms with Crippen molar-refractivity contribution in [3.63, 3.8) is 0 Å². The maximum atomic E-state index is 11.8. The Kier molecular flexibility index (Phi) is 4.15. The van der Waals surface area contributed by atoms with Crippen molar-refractivity contribution < 1.29 is 4.79 Å². The van der Waals surface area contributed by atoms with E-state index in [1.165, 1.54) is 0 Å². The first-order chi connectivity index (χ1) is 7.06. The standard InChI is InChI=1S/C14H20O/c1-5-6-7-12-8-13(10(2)3)9-14(15)11(12)4/h1,11-13H,2,6-9H2,3-4H3/t11?,12-,13-/m1/s1. The van der Waals surface area contributed by atoms with Crippen molar-refractivity contribution >= 4 is 5.78 Å². The summed E-state index contributed by atoms with van der Waals surface area (Å²) in [5.41, 5.74) is 1.14. The molecule has 0 heterocycles. The maximum absolute atomic E-state index is 11.8. The monoisotopic (exact) mass is 204 g/mol. The number of terminal acetylenes is 1. The van der Waals surface area contributed by atoms with Crippen LogP contribution < -0.4 is 0 Å². The van der Waals surface area contributed by atoms with Crippen LogP contribution in [0.4, 0.5) is 0 Å². The van der Waals surface area contributed by atoms with Gasteiger partial charge < -0.3 is 0 Å². The Morgan fingerprint density at radius 2 is 2.33 bits per heavy atom. The van der Waals surface area contributed by atoms with Crippen LogP contribution in [0, 0.1) is 30.1 Å². The molecule has 15 heavy (non-hydrogen) atoms. The van der Waals surface area contributed by atoms with Crippen molar-refractivity contribution in [3.05, 3.63) is 12.2 Å². The van der Waals surface area contributed by atoms with Crippen LogP contribution >= 0.6 is 0 Å². The highest BCUT2D eigenvalue weighted by Gasteiger charge is 2.33. The predicted molar refractivity (Wildman–Crippen MR) is 63.3 cm³/mol. The Hall–Kier alpha value is -1.03. The van der Waals surface area contributed by atoms with E-state index in [9.17, 15) is 4.79 Å². The van der Waals surface area contributed by atoms with Crippen LogP contribution in [0.5, 0.6) is 0 Å². The van der Waals surface area contributed by atoms with Crippen LogP contribution in [-0.2, 0) is 4.79 Å². The van der Waals surface area contributed by atoms with Crippen molar-refractivity contribution in [1.82, 2.24) is 0 Å². The maximum Gasteiger partial charge on any atom is 0.136 e. The Balaban J connectivity index is 2.65. The molecule has 1 aliphatic carbocycles. The largest absolute Gasteiger partial charge is 0.299 e. The fourth-order valence-corrected chi connectivity index (χ4v) is 2.36. The van der Waals surface area contributed by atoms with E-state index in [1.807, 2.05) is 13.8 Å². The zero-order valence-corrected chi connectivity index (χ0v) is 9.75. The zero-order valence-electron chi connectivity index (χ0n) is 9.75. The number of Topliss-reactive ketones (excluding diaryl/α,β-unsaturated/α-hetero) is 1. The normalized spacial score (nSPS) is 31.0. The molecule has 0 bridgehead atoms. The molecule has 1 saturated carbocycles. The Labute approximate surface area is 92.9 Å². The van der Waals surface area contributed by atoms with Crippen LogP contribution in [0.3, 0.4) is 0 Å². The molecule has 0 radical (unpaired) electrons. The summed E-state index contributed by atoms with van der Waals surface area (Å²) in [5, 5.41) is 0. The summed E-state index contributed by atoms with van der Waals surface area (Å²) in [4.78, 5) is 11.8. The van der Waals surface area contributed by atoms with E-state index >= 15 is 0 Å². The zero-order chi connectivity index (χ0) is 11.4. The molecule has 1 heteroatoms. The first kappa shape index (κ1) is 12.0. The van der Waals surface area contributed by atoms with Gasteiger partial charge in [-0.3, -0.25) is 4.79 Å². The number of ketones is 1. The fraction of sp³-hybridized carbons (Fsp3) is 0.643. The van der Waals surface area contributed by atoms with Crippen molar-refractivity contribution in [2.75, 3.05) is 0 Å². The number of allylic oxidation sites excluding steroid dienone is 1. The number of rotatable bonds is 3. The first-order valence-electron chi connectivity index (χ1n) is 5.67. The van der Waals surface area contributed by atoms with Crippen molar-refractivity contribution in [1.29, 1.82) is 0 Å². The number of carbonyl (C=O) groups is 1. The van der Waals surface area contributed by atoms with Gasteiger partial charge >= 0.3 is 0 Å². The lowest BCUT2D eigenvalue weighted by molar-refractivity contribution is -0.127. The van der Waals surface area contributed by atoms with Crippen molar-refractivity contribution in [3.8, 4) is 12.3 Å². The Morgan fingerprint density at radius 1 is 1.67 bits per heavy atom.